The van der Waals surface area contributed by atoms with Crippen molar-refractivity contribution in [3.63, 3.8) is 0 Å². The second-order valence-electron chi connectivity index (χ2n) is 9.60. The van der Waals surface area contributed by atoms with Crippen molar-refractivity contribution >= 4 is 11.8 Å². The molecule has 2 rings (SSSR count). The summed E-state index contributed by atoms with van der Waals surface area (Å²) in [6.07, 6.45) is 2.27. The topological polar surface area (TPSA) is 52.7 Å². The van der Waals surface area contributed by atoms with Crippen molar-refractivity contribution in [3.8, 4) is 0 Å². The molecule has 2 amide bonds. The van der Waals surface area contributed by atoms with Crippen LogP contribution in [0.15, 0.2) is 0 Å². The maximum absolute atomic E-state index is 12.4. The minimum atomic E-state index is -0.339. The largest absolute Gasteiger partial charge is 0.355 e. The number of carbonyl (C=O) groups is 2. The van der Waals surface area contributed by atoms with Crippen molar-refractivity contribution in [2.45, 2.75) is 66.8 Å². The molecule has 0 aromatic rings. The maximum Gasteiger partial charge on any atom is 0.232 e. The summed E-state index contributed by atoms with van der Waals surface area (Å²) < 4.78 is 0. The number of hydrogen-bond donors (Lipinski definition) is 1. The standard InChI is InChI=1S/C19H35N3O2/c1-17(2,3)15(23)20-11-14-9-8-10-21(12-14)13-22-16(24)18(4,5)19(22,6)7/h14H,8-13H2,1-7H3,(H,20,23)/t14-/m1/s1. The van der Waals surface area contributed by atoms with Gasteiger partial charge in [0.15, 0.2) is 0 Å². The summed E-state index contributed by atoms with van der Waals surface area (Å²) >= 11 is 0. The summed E-state index contributed by atoms with van der Waals surface area (Å²) in [5.41, 5.74) is -0.714. The number of hydrogen-bond acceptors (Lipinski definition) is 3. The number of carbonyl (C=O) groups excluding carboxylic acids is 2. The first-order chi connectivity index (χ1) is 10.9. The average Bonchev–Trinajstić information content (AvgIpc) is 2.48. The smallest absolute Gasteiger partial charge is 0.232 e. The fourth-order valence-corrected chi connectivity index (χ4v) is 3.53. The molecule has 0 spiro atoms. The Bertz CT molecular complexity index is 505. The lowest BCUT2D eigenvalue weighted by atomic mass is 9.64. The first-order valence-electron chi connectivity index (χ1n) is 9.20. The van der Waals surface area contributed by atoms with Crippen molar-refractivity contribution in [1.29, 1.82) is 0 Å². The molecular weight excluding hydrogens is 302 g/mol. The number of nitrogens with one attached hydrogen (secondary N) is 1. The molecule has 2 heterocycles. The van der Waals surface area contributed by atoms with E-state index in [9.17, 15) is 9.59 Å². The van der Waals surface area contributed by atoms with Crippen LogP contribution in [0, 0.1) is 16.7 Å². The van der Waals surface area contributed by atoms with E-state index in [1.165, 1.54) is 0 Å². The monoisotopic (exact) mass is 337 g/mol. The van der Waals surface area contributed by atoms with Crippen molar-refractivity contribution < 1.29 is 9.59 Å². The Hall–Kier alpha value is -1.10. The van der Waals surface area contributed by atoms with Gasteiger partial charge in [-0.3, -0.25) is 14.5 Å². The number of β-lactam (4-membered cyclic amide) rings is 1. The van der Waals surface area contributed by atoms with Crippen LogP contribution in [0.3, 0.4) is 0 Å². The van der Waals surface area contributed by atoms with Gasteiger partial charge in [0.1, 0.15) is 0 Å². The number of likely N-dealkylation sites (tertiary alicyclic amines) is 2. The van der Waals surface area contributed by atoms with Crippen molar-refractivity contribution in [1.82, 2.24) is 15.1 Å². The predicted molar refractivity (Wildman–Crippen MR) is 96.3 cm³/mol. The van der Waals surface area contributed by atoms with Crippen LogP contribution < -0.4 is 5.32 Å². The molecule has 0 aromatic carbocycles. The third-order valence-electron chi connectivity index (χ3n) is 6.16. The van der Waals surface area contributed by atoms with E-state index in [0.29, 0.717) is 12.6 Å². The molecule has 0 aliphatic carbocycles. The van der Waals surface area contributed by atoms with Crippen molar-refractivity contribution in [3.05, 3.63) is 0 Å². The second-order valence-corrected chi connectivity index (χ2v) is 9.60. The number of rotatable bonds is 4. The summed E-state index contributed by atoms with van der Waals surface area (Å²) in [7, 11) is 0. The van der Waals surface area contributed by atoms with Gasteiger partial charge in [0.25, 0.3) is 0 Å². The summed E-state index contributed by atoms with van der Waals surface area (Å²) in [5, 5.41) is 3.09. The molecule has 0 radical (unpaired) electrons. The molecule has 2 saturated heterocycles. The van der Waals surface area contributed by atoms with Crippen LogP contribution in [0.2, 0.25) is 0 Å². The van der Waals surface area contributed by atoms with Gasteiger partial charge in [-0.15, -0.1) is 0 Å². The Morgan fingerprint density at radius 3 is 2.42 bits per heavy atom. The third kappa shape index (κ3) is 3.46. The van der Waals surface area contributed by atoms with Gasteiger partial charge in [0.05, 0.1) is 17.6 Å². The second kappa shape index (κ2) is 6.32. The van der Waals surface area contributed by atoms with E-state index in [1.54, 1.807) is 0 Å². The zero-order valence-electron chi connectivity index (χ0n) is 16.5. The molecule has 0 aromatic heterocycles. The minimum absolute atomic E-state index is 0.0997. The predicted octanol–water partition coefficient (Wildman–Crippen LogP) is 2.47. The van der Waals surface area contributed by atoms with Crippen LogP contribution in [-0.2, 0) is 9.59 Å². The zero-order valence-corrected chi connectivity index (χ0v) is 16.5. The van der Waals surface area contributed by atoms with E-state index in [0.717, 1.165) is 32.5 Å². The highest BCUT2D eigenvalue weighted by atomic mass is 16.2. The summed E-state index contributed by atoms with van der Waals surface area (Å²) in [6, 6.07) is 0. The Labute approximate surface area is 147 Å². The minimum Gasteiger partial charge on any atom is -0.355 e. The van der Waals surface area contributed by atoms with Gasteiger partial charge in [-0.2, -0.15) is 0 Å². The van der Waals surface area contributed by atoms with E-state index < -0.39 is 0 Å². The third-order valence-corrected chi connectivity index (χ3v) is 6.16. The summed E-state index contributed by atoms with van der Waals surface area (Å²) in [4.78, 5) is 28.8. The lowest BCUT2D eigenvalue weighted by molar-refractivity contribution is -0.189. The maximum atomic E-state index is 12.4. The number of piperidine rings is 1. The molecule has 2 aliphatic rings. The first kappa shape index (κ1) is 19.2. The summed E-state index contributed by atoms with van der Waals surface area (Å²) in [5.74, 6) is 0.827. The Morgan fingerprint density at radius 2 is 1.88 bits per heavy atom. The average molecular weight is 338 g/mol. The van der Waals surface area contributed by atoms with Crippen molar-refractivity contribution in [2.24, 2.45) is 16.7 Å². The highest BCUT2D eigenvalue weighted by Gasteiger charge is 2.60. The van der Waals surface area contributed by atoms with Gasteiger partial charge in [0.2, 0.25) is 11.8 Å². The van der Waals surface area contributed by atoms with Gasteiger partial charge in [-0.1, -0.05) is 20.8 Å². The van der Waals surface area contributed by atoms with Gasteiger partial charge in [-0.25, -0.2) is 0 Å². The molecular formula is C19H35N3O2. The number of nitrogens with zero attached hydrogens (tertiary/aromatic N) is 2. The van der Waals surface area contributed by atoms with E-state index in [2.05, 4.69) is 24.1 Å². The van der Waals surface area contributed by atoms with E-state index in [4.69, 9.17) is 0 Å². The van der Waals surface area contributed by atoms with Crippen LogP contribution in [0.25, 0.3) is 0 Å². The fourth-order valence-electron chi connectivity index (χ4n) is 3.53. The van der Waals surface area contributed by atoms with E-state index in [1.807, 2.05) is 39.5 Å². The van der Waals surface area contributed by atoms with Crippen LogP contribution in [0.5, 0.6) is 0 Å². The Balaban J connectivity index is 1.86. The zero-order chi connectivity index (χ0) is 18.3. The van der Waals surface area contributed by atoms with Gasteiger partial charge in [-0.05, 0) is 53.0 Å². The molecule has 1 atom stereocenters. The molecule has 0 bridgehead atoms. The lowest BCUT2D eigenvalue weighted by Crippen LogP contribution is -2.74. The van der Waals surface area contributed by atoms with Gasteiger partial charge < -0.3 is 10.2 Å². The molecule has 5 heteroatoms. The first-order valence-corrected chi connectivity index (χ1v) is 9.20. The van der Waals surface area contributed by atoms with Crippen LogP contribution in [0.4, 0.5) is 0 Å². The van der Waals surface area contributed by atoms with E-state index in [-0.39, 0.29) is 28.2 Å². The SMILES string of the molecule is CC(C)(C)C(=O)NC[C@H]1CCCN(CN2C(=O)C(C)(C)C2(C)C)C1. The van der Waals surface area contributed by atoms with Crippen LogP contribution in [-0.4, -0.2) is 53.5 Å². The number of amides is 2. The lowest BCUT2D eigenvalue weighted by Gasteiger charge is -2.61. The molecule has 0 saturated carbocycles. The molecule has 2 aliphatic heterocycles. The molecule has 0 unspecified atom stereocenters. The van der Waals surface area contributed by atoms with Crippen molar-refractivity contribution in [2.75, 3.05) is 26.3 Å². The Kier molecular flexibility index (Phi) is 5.06. The van der Waals surface area contributed by atoms with Gasteiger partial charge in [0, 0.05) is 18.5 Å². The molecule has 2 fully saturated rings. The quantitative estimate of drug-likeness (QED) is 0.802. The van der Waals surface area contributed by atoms with Gasteiger partial charge >= 0.3 is 0 Å². The summed E-state index contributed by atoms with van der Waals surface area (Å²) in [6.45, 7) is 17.6. The normalized spacial score (nSPS) is 26.9. The highest BCUT2D eigenvalue weighted by molar-refractivity contribution is 5.90. The molecule has 138 valence electrons. The van der Waals surface area contributed by atoms with E-state index >= 15 is 0 Å². The van der Waals surface area contributed by atoms with Crippen LogP contribution >= 0.6 is 0 Å². The highest BCUT2D eigenvalue weighted by Crippen LogP contribution is 2.47. The van der Waals surface area contributed by atoms with Crippen LogP contribution in [0.1, 0.15) is 61.3 Å². The fraction of sp³-hybridized carbons (Fsp3) is 0.895. The molecule has 5 nitrogen and oxygen atoms in total. The molecule has 1 N–H and O–H groups in total. The molecule has 24 heavy (non-hydrogen) atoms. The Morgan fingerprint density at radius 1 is 1.25 bits per heavy atom.